The smallest absolute Gasteiger partial charge is 0.335 e. The molecule has 1 aromatic heterocycles. The fraction of sp³-hybridized carbons (Fsp3) is 0.227. The zero-order valence-electron chi connectivity index (χ0n) is 16.1. The van der Waals surface area contributed by atoms with E-state index in [1.54, 1.807) is 28.8 Å². The molecule has 7 heteroatoms. The van der Waals surface area contributed by atoms with Crippen molar-refractivity contribution in [1.29, 1.82) is 0 Å². The zero-order chi connectivity index (χ0) is 20.6. The second-order valence-corrected chi connectivity index (χ2v) is 7.93. The number of furan rings is 1. The van der Waals surface area contributed by atoms with Crippen LogP contribution in [0.4, 0.5) is 0 Å². The van der Waals surface area contributed by atoms with Gasteiger partial charge in [-0.2, -0.15) is 0 Å². The fourth-order valence-corrected chi connectivity index (χ4v) is 3.91. The third-order valence-electron chi connectivity index (χ3n) is 4.20. The van der Waals surface area contributed by atoms with E-state index < -0.39 is 17.0 Å². The molecule has 1 unspecified atom stereocenters. The van der Waals surface area contributed by atoms with Crippen LogP contribution in [0.2, 0.25) is 0 Å². The first-order valence-electron chi connectivity index (χ1n) is 9.31. The summed E-state index contributed by atoms with van der Waals surface area (Å²) in [5, 5.41) is 9.06. The van der Waals surface area contributed by atoms with E-state index in [1.165, 1.54) is 12.1 Å². The van der Waals surface area contributed by atoms with Gasteiger partial charge in [-0.3, -0.25) is 0 Å². The van der Waals surface area contributed by atoms with E-state index in [-0.39, 0.29) is 5.56 Å². The quantitative estimate of drug-likeness (QED) is 0.530. The first-order chi connectivity index (χ1) is 14.1. The normalized spacial score (nSPS) is 12.1. The van der Waals surface area contributed by atoms with Crippen LogP contribution in [-0.4, -0.2) is 26.2 Å². The molecule has 152 valence electrons. The minimum absolute atomic E-state index is 0.158. The summed E-state index contributed by atoms with van der Waals surface area (Å²) in [6.07, 6.45) is 2.52. The SMILES string of the molecule is CCCOc1ccc(CN(Cc2ccco2)S(=O)c2ccc(C(=O)O)cc2)cc1. The van der Waals surface area contributed by atoms with Gasteiger partial charge >= 0.3 is 5.97 Å². The molecule has 0 fully saturated rings. The molecule has 1 atom stereocenters. The molecule has 1 N–H and O–H groups in total. The Hall–Kier alpha value is -2.90. The summed E-state index contributed by atoms with van der Waals surface area (Å²) in [6.45, 7) is 3.51. The summed E-state index contributed by atoms with van der Waals surface area (Å²) in [5.41, 5.74) is 1.14. The second-order valence-electron chi connectivity index (χ2n) is 6.45. The van der Waals surface area contributed by atoms with Crippen molar-refractivity contribution in [3.05, 3.63) is 83.8 Å². The van der Waals surface area contributed by atoms with Crippen LogP contribution in [0.3, 0.4) is 0 Å². The highest BCUT2D eigenvalue weighted by Gasteiger charge is 2.18. The topological polar surface area (TPSA) is 80.0 Å². The summed E-state index contributed by atoms with van der Waals surface area (Å²) in [4.78, 5) is 11.6. The lowest BCUT2D eigenvalue weighted by Crippen LogP contribution is -2.25. The molecule has 0 aliphatic heterocycles. The van der Waals surface area contributed by atoms with Crippen LogP contribution in [0.1, 0.15) is 35.0 Å². The predicted molar refractivity (Wildman–Crippen MR) is 110 cm³/mol. The van der Waals surface area contributed by atoms with E-state index >= 15 is 0 Å². The number of ether oxygens (including phenoxy) is 1. The van der Waals surface area contributed by atoms with Gasteiger partial charge in [0.05, 0.1) is 29.9 Å². The highest BCUT2D eigenvalue weighted by atomic mass is 32.2. The summed E-state index contributed by atoms with van der Waals surface area (Å²) in [7, 11) is -1.49. The predicted octanol–water partition coefficient (Wildman–Crippen LogP) is 4.49. The Labute approximate surface area is 172 Å². The fourth-order valence-electron chi connectivity index (χ4n) is 2.73. The molecule has 0 saturated heterocycles. The van der Waals surface area contributed by atoms with E-state index in [9.17, 15) is 9.00 Å². The third kappa shape index (κ3) is 5.79. The number of nitrogens with zero attached hydrogens (tertiary/aromatic N) is 1. The van der Waals surface area contributed by atoms with Gasteiger partial charge in [0.25, 0.3) is 0 Å². The number of rotatable bonds is 10. The van der Waals surface area contributed by atoms with Crippen molar-refractivity contribution in [2.75, 3.05) is 6.61 Å². The summed E-state index contributed by atoms with van der Waals surface area (Å²) in [5.74, 6) is 0.488. The van der Waals surface area contributed by atoms with Crippen LogP contribution in [0.25, 0.3) is 0 Å². The van der Waals surface area contributed by atoms with Crippen LogP contribution >= 0.6 is 0 Å². The van der Waals surface area contributed by atoms with E-state index in [0.29, 0.717) is 30.4 Å². The molecule has 0 amide bonds. The van der Waals surface area contributed by atoms with Crippen molar-refractivity contribution in [2.45, 2.75) is 31.3 Å². The summed E-state index contributed by atoms with van der Waals surface area (Å²) >= 11 is 0. The number of hydrogen-bond acceptors (Lipinski definition) is 4. The first kappa shape index (κ1) is 20.8. The Morgan fingerprint density at radius 1 is 1.07 bits per heavy atom. The third-order valence-corrected chi connectivity index (χ3v) is 5.61. The first-order valence-corrected chi connectivity index (χ1v) is 10.4. The van der Waals surface area contributed by atoms with Crippen LogP contribution in [0.5, 0.6) is 5.75 Å². The molecule has 0 bridgehead atoms. The molecular formula is C22H23NO5S. The van der Waals surface area contributed by atoms with Gasteiger partial charge < -0.3 is 14.3 Å². The Balaban J connectivity index is 1.78. The molecule has 0 aliphatic rings. The second kappa shape index (κ2) is 10.0. The van der Waals surface area contributed by atoms with Crippen molar-refractivity contribution in [2.24, 2.45) is 0 Å². The van der Waals surface area contributed by atoms with E-state index in [2.05, 4.69) is 6.92 Å². The van der Waals surface area contributed by atoms with Crippen LogP contribution in [-0.2, 0) is 24.1 Å². The Kier molecular flexibility index (Phi) is 7.21. The molecule has 0 aliphatic carbocycles. The average molecular weight is 413 g/mol. The summed E-state index contributed by atoms with van der Waals surface area (Å²) < 4.78 is 26.0. The lowest BCUT2D eigenvalue weighted by molar-refractivity contribution is 0.0697. The Morgan fingerprint density at radius 3 is 2.38 bits per heavy atom. The molecule has 1 heterocycles. The molecule has 3 rings (SSSR count). The molecule has 6 nitrogen and oxygen atoms in total. The molecule has 0 spiro atoms. The van der Waals surface area contributed by atoms with Gasteiger partial charge in [-0.15, -0.1) is 0 Å². The highest BCUT2D eigenvalue weighted by molar-refractivity contribution is 7.82. The van der Waals surface area contributed by atoms with Gasteiger partial charge in [0, 0.05) is 6.54 Å². The van der Waals surface area contributed by atoms with Crippen molar-refractivity contribution < 1.29 is 23.3 Å². The van der Waals surface area contributed by atoms with Crippen LogP contribution in [0.15, 0.2) is 76.2 Å². The molecule has 0 saturated carbocycles. The van der Waals surface area contributed by atoms with Crippen molar-refractivity contribution in [3.8, 4) is 5.75 Å². The van der Waals surface area contributed by atoms with Crippen molar-refractivity contribution in [3.63, 3.8) is 0 Å². The minimum atomic E-state index is -1.49. The maximum absolute atomic E-state index is 13.2. The standard InChI is InChI=1S/C22H23NO5S/c1-2-13-27-19-9-5-17(6-10-19)15-23(16-20-4-3-14-28-20)29(26)21-11-7-18(8-12-21)22(24)25/h3-12,14H,2,13,15-16H2,1H3,(H,24,25). The molecular weight excluding hydrogens is 390 g/mol. The maximum atomic E-state index is 13.2. The van der Waals surface area contributed by atoms with E-state index in [4.69, 9.17) is 14.3 Å². The van der Waals surface area contributed by atoms with Crippen molar-refractivity contribution in [1.82, 2.24) is 4.31 Å². The lowest BCUT2D eigenvalue weighted by atomic mass is 10.2. The Bertz CT molecular complexity index is 936. The molecule has 0 radical (unpaired) electrons. The highest BCUT2D eigenvalue weighted by Crippen LogP contribution is 2.20. The minimum Gasteiger partial charge on any atom is -0.494 e. The van der Waals surface area contributed by atoms with Gasteiger partial charge in [-0.25, -0.2) is 13.3 Å². The Morgan fingerprint density at radius 2 is 1.79 bits per heavy atom. The van der Waals surface area contributed by atoms with Gasteiger partial charge in [0.2, 0.25) is 0 Å². The van der Waals surface area contributed by atoms with E-state index in [0.717, 1.165) is 17.7 Å². The van der Waals surface area contributed by atoms with Crippen LogP contribution in [0, 0.1) is 0 Å². The van der Waals surface area contributed by atoms with Crippen molar-refractivity contribution >= 4 is 17.0 Å². The molecule has 29 heavy (non-hydrogen) atoms. The number of carboxylic acids is 1. The van der Waals surface area contributed by atoms with Gasteiger partial charge in [-0.1, -0.05) is 19.1 Å². The number of benzene rings is 2. The number of hydrogen-bond donors (Lipinski definition) is 1. The maximum Gasteiger partial charge on any atom is 0.335 e. The monoisotopic (exact) mass is 413 g/mol. The van der Waals surface area contributed by atoms with Gasteiger partial charge in [0.15, 0.2) is 0 Å². The molecule has 3 aromatic rings. The molecule has 2 aromatic carbocycles. The average Bonchev–Trinajstić information content (AvgIpc) is 3.25. The zero-order valence-corrected chi connectivity index (χ0v) is 16.9. The summed E-state index contributed by atoms with van der Waals surface area (Å²) in [6, 6.07) is 17.4. The number of carbonyl (C=O) groups is 1. The van der Waals surface area contributed by atoms with Gasteiger partial charge in [-0.05, 0) is 60.5 Å². The van der Waals surface area contributed by atoms with Gasteiger partial charge in [0.1, 0.15) is 22.5 Å². The van der Waals surface area contributed by atoms with Crippen LogP contribution < -0.4 is 4.74 Å². The number of carboxylic acid groups (broad SMARTS) is 1. The largest absolute Gasteiger partial charge is 0.494 e. The van der Waals surface area contributed by atoms with E-state index in [1.807, 2.05) is 30.3 Å². The lowest BCUT2D eigenvalue weighted by Gasteiger charge is -2.20. The number of aromatic carboxylic acids is 1.